The largest absolute Gasteiger partial charge is 0.459 e. The van der Waals surface area contributed by atoms with Crippen LogP contribution in [0, 0.1) is 25.2 Å². The number of carbonyl (C=O) groups is 1. The normalized spacial score (nSPS) is 10.1. The van der Waals surface area contributed by atoms with Crippen LogP contribution in [0.2, 0.25) is 0 Å². The number of nitrogens with zero attached hydrogens (tertiary/aromatic N) is 2. The molecule has 1 amide bonds. The van der Waals surface area contributed by atoms with Crippen LogP contribution < -0.4 is 10.9 Å². The Bertz CT molecular complexity index is 752. The third kappa shape index (κ3) is 3.03. The fourth-order valence-corrected chi connectivity index (χ4v) is 2.12. The topological polar surface area (TPSA) is 88.0 Å². The molecule has 1 N–H and O–H groups in total. The lowest BCUT2D eigenvalue weighted by Gasteiger charge is -2.12. The summed E-state index contributed by atoms with van der Waals surface area (Å²) in [6, 6.07) is 6.89. The van der Waals surface area contributed by atoms with Crippen LogP contribution in [0.1, 0.15) is 27.4 Å². The molecule has 0 fully saturated rings. The first kappa shape index (κ1) is 14.6. The Hall–Kier alpha value is -2.81. The van der Waals surface area contributed by atoms with Gasteiger partial charge in [-0.05, 0) is 37.6 Å². The summed E-state index contributed by atoms with van der Waals surface area (Å²) < 4.78 is 6.45. The average molecular weight is 285 g/mol. The number of hydrogen-bond acceptors (Lipinski definition) is 4. The van der Waals surface area contributed by atoms with Crippen LogP contribution in [0.15, 0.2) is 33.7 Å². The van der Waals surface area contributed by atoms with Crippen LogP contribution in [0.4, 0.5) is 0 Å². The standard InChI is InChI=1S/C15H15N3O3/c1-10-8-11(2)18(15(20)12(10)9-16)6-5-17-14(19)13-4-3-7-21-13/h3-4,7-8H,5-6H2,1-2H3,(H,17,19). The highest BCUT2D eigenvalue weighted by Crippen LogP contribution is 2.05. The minimum absolute atomic E-state index is 0.137. The van der Waals surface area contributed by atoms with Crippen LogP contribution in [-0.4, -0.2) is 17.0 Å². The highest BCUT2D eigenvalue weighted by Gasteiger charge is 2.11. The molecule has 6 nitrogen and oxygen atoms in total. The van der Waals surface area contributed by atoms with Crippen molar-refractivity contribution in [3.05, 3.63) is 57.4 Å². The zero-order valence-electron chi connectivity index (χ0n) is 11.8. The molecule has 0 saturated carbocycles. The van der Waals surface area contributed by atoms with Gasteiger partial charge in [-0.15, -0.1) is 0 Å². The maximum Gasteiger partial charge on any atom is 0.287 e. The summed E-state index contributed by atoms with van der Waals surface area (Å²) in [7, 11) is 0. The Balaban J connectivity index is 2.09. The fraction of sp³-hybridized carbons (Fsp3) is 0.267. The van der Waals surface area contributed by atoms with Crippen LogP contribution in [0.25, 0.3) is 0 Å². The number of aryl methyl sites for hydroxylation is 2. The predicted octanol–water partition coefficient (Wildman–Crippen LogP) is 1.36. The fourth-order valence-electron chi connectivity index (χ4n) is 2.12. The highest BCUT2D eigenvalue weighted by molar-refractivity contribution is 5.91. The van der Waals surface area contributed by atoms with E-state index in [2.05, 4.69) is 5.32 Å². The highest BCUT2D eigenvalue weighted by atomic mass is 16.3. The van der Waals surface area contributed by atoms with Crippen molar-refractivity contribution in [1.29, 1.82) is 5.26 Å². The number of hydrogen-bond donors (Lipinski definition) is 1. The van der Waals surface area contributed by atoms with Gasteiger partial charge in [-0.25, -0.2) is 0 Å². The molecule has 0 aliphatic carbocycles. The van der Waals surface area contributed by atoms with Gasteiger partial charge in [0.15, 0.2) is 5.76 Å². The smallest absolute Gasteiger partial charge is 0.287 e. The molecule has 0 atom stereocenters. The monoisotopic (exact) mass is 285 g/mol. The van der Waals surface area contributed by atoms with E-state index < -0.39 is 0 Å². The van der Waals surface area contributed by atoms with Gasteiger partial charge in [-0.2, -0.15) is 5.26 Å². The van der Waals surface area contributed by atoms with E-state index in [0.717, 1.165) is 5.69 Å². The molecule has 0 spiro atoms. The van der Waals surface area contributed by atoms with Gasteiger partial charge in [-0.1, -0.05) is 0 Å². The van der Waals surface area contributed by atoms with Crippen molar-refractivity contribution >= 4 is 5.91 Å². The van der Waals surface area contributed by atoms with Crippen molar-refractivity contribution in [2.45, 2.75) is 20.4 Å². The molecule has 108 valence electrons. The Kier molecular flexibility index (Phi) is 4.24. The Morgan fingerprint density at radius 1 is 1.48 bits per heavy atom. The summed E-state index contributed by atoms with van der Waals surface area (Å²) >= 11 is 0. The quantitative estimate of drug-likeness (QED) is 0.918. The number of furan rings is 1. The summed E-state index contributed by atoms with van der Waals surface area (Å²) in [6.45, 7) is 4.10. The van der Waals surface area contributed by atoms with E-state index in [1.807, 2.05) is 6.07 Å². The summed E-state index contributed by atoms with van der Waals surface area (Å²) in [6.07, 6.45) is 1.42. The number of pyridine rings is 1. The number of carbonyl (C=O) groups excluding carboxylic acids is 1. The Morgan fingerprint density at radius 2 is 2.24 bits per heavy atom. The van der Waals surface area contributed by atoms with E-state index in [1.54, 1.807) is 32.0 Å². The first-order chi connectivity index (χ1) is 10.0. The average Bonchev–Trinajstić information content (AvgIpc) is 2.96. The number of rotatable bonds is 4. The number of amides is 1. The molecule has 0 aliphatic rings. The lowest BCUT2D eigenvalue weighted by atomic mass is 10.1. The van der Waals surface area contributed by atoms with Gasteiger partial charge in [0, 0.05) is 18.8 Å². The van der Waals surface area contributed by atoms with E-state index >= 15 is 0 Å². The second kappa shape index (κ2) is 6.09. The summed E-state index contributed by atoms with van der Waals surface area (Å²) in [5, 5.41) is 11.7. The SMILES string of the molecule is Cc1cc(C)n(CCNC(=O)c2ccco2)c(=O)c1C#N. The van der Waals surface area contributed by atoms with Gasteiger partial charge in [0.05, 0.1) is 6.26 Å². The van der Waals surface area contributed by atoms with Crippen molar-refractivity contribution < 1.29 is 9.21 Å². The molecule has 0 bridgehead atoms. The van der Waals surface area contributed by atoms with Gasteiger partial charge >= 0.3 is 0 Å². The second-order valence-corrected chi connectivity index (χ2v) is 4.65. The zero-order chi connectivity index (χ0) is 15.4. The molecule has 2 rings (SSSR count). The first-order valence-electron chi connectivity index (χ1n) is 6.47. The van der Waals surface area contributed by atoms with E-state index in [-0.39, 0.29) is 29.3 Å². The summed E-state index contributed by atoms with van der Waals surface area (Å²) in [4.78, 5) is 23.9. The second-order valence-electron chi connectivity index (χ2n) is 4.65. The Labute approximate surface area is 121 Å². The van der Waals surface area contributed by atoms with Gasteiger partial charge in [-0.3, -0.25) is 9.59 Å². The maximum absolute atomic E-state index is 12.2. The molecule has 0 aliphatic heterocycles. The van der Waals surface area contributed by atoms with Crippen LogP contribution >= 0.6 is 0 Å². The summed E-state index contributed by atoms with van der Waals surface area (Å²) in [5.41, 5.74) is 1.22. The molecule has 2 heterocycles. The number of nitrogens with one attached hydrogen (secondary N) is 1. The lowest BCUT2D eigenvalue weighted by Crippen LogP contribution is -2.32. The Morgan fingerprint density at radius 3 is 2.86 bits per heavy atom. The van der Waals surface area contributed by atoms with Crippen molar-refractivity contribution in [2.24, 2.45) is 0 Å². The lowest BCUT2D eigenvalue weighted by molar-refractivity contribution is 0.0924. The van der Waals surface area contributed by atoms with Crippen molar-refractivity contribution in [3.63, 3.8) is 0 Å². The molecular weight excluding hydrogens is 270 g/mol. The molecule has 21 heavy (non-hydrogen) atoms. The number of nitriles is 1. The van der Waals surface area contributed by atoms with Gasteiger partial charge in [0.1, 0.15) is 11.6 Å². The minimum atomic E-state index is -0.335. The van der Waals surface area contributed by atoms with Crippen molar-refractivity contribution in [2.75, 3.05) is 6.54 Å². The van der Waals surface area contributed by atoms with Gasteiger partial charge in [0.25, 0.3) is 11.5 Å². The van der Waals surface area contributed by atoms with E-state index in [0.29, 0.717) is 12.1 Å². The molecule has 0 saturated heterocycles. The minimum Gasteiger partial charge on any atom is -0.459 e. The summed E-state index contributed by atoms with van der Waals surface area (Å²) in [5.74, 6) is -0.112. The maximum atomic E-state index is 12.2. The molecule has 0 radical (unpaired) electrons. The molecule has 0 aromatic carbocycles. The number of aromatic nitrogens is 1. The van der Waals surface area contributed by atoms with E-state index in [9.17, 15) is 9.59 Å². The third-order valence-corrected chi connectivity index (χ3v) is 3.18. The van der Waals surface area contributed by atoms with E-state index in [1.165, 1.54) is 10.8 Å². The first-order valence-corrected chi connectivity index (χ1v) is 6.47. The van der Waals surface area contributed by atoms with Crippen LogP contribution in [0.5, 0.6) is 0 Å². The van der Waals surface area contributed by atoms with Crippen molar-refractivity contribution in [3.8, 4) is 6.07 Å². The van der Waals surface area contributed by atoms with Crippen LogP contribution in [-0.2, 0) is 6.54 Å². The molecule has 2 aromatic heterocycles. The molecular formula is C15H15N3O3. The van der Waals surface area contributed by atoms with E-state index in [4.69, 9.17) is 9.68 Å². The van der Waals surface area contributed by atoms with Crippen LogP contribution in [0.3, 0.4) is 0 Å². The third-order valence-electron chi connectivity index (χ3n) is 3.18. The predicted molar refractivity (Wildman–Crippen MR) is 75.9 cm³/mol. The molecule has 0 unspecified atom stereocenters. The van der Waals surface area contributed by atoms with Gasteiger partial charge < -0.3 is 14.3 Å². The molecule has 2 aromatic rings. The molecule has 6 heteroatoms. The van der Waals surface area contributed by atoms with Gasteiger partial charge in [0.2, 0.25) is 0 Å². The van der Waals surface area contributed by atoms with Crippen molar-refractivity contribution in [1.82, 2.24) is 9.88 Å². The zero-order valence-corrected chi connectivity index (χ0v) is 11.8.